The van der Waals surface area contributed by atoms with Crippen molar-refractivity contribution in [2.24, 2.45) is 0 Å². The van der Waals surface area contributed by atoms with Crippen LogP contribution in [0.2, 0.25) is 0 Å². The number of nitro benzene ring substituents is 1. The van der Waals surface area contributed by atoms with Crippen LogP contribution in [0.4, 0.5) is 5.69 Å². The standard InChI is InChI=1S/C14H11BrN2O4/c1-8-5-11(15)6-12(17(19)20)14(8)21-13-4-3-10(7-16-13)9(2)18/h3-7H,1-2H3. The quantitative estimate of drug-likeness (QED) is 0.471. The third-order valence-corrected chi connectivity index (χ3v) is 3.22. The zero-order chi connectivity index (χ0) is 15.6. The second-order valence-electron chi connectivity index (χ2n) is 4.37. The molecule has 0 saturated heterocycles. The number of benzene rings is 1. The first-order valence-corrected chi connectivity index (χ1v) is 6.77. The SMILES string of the molecule is CC(=O)c1ccc(Oc2c(C)cc(Br)cc2[N+](=O)[O-])nc1. The second-order valence-corrected chi connectivity index (χ2v) is 5.29. The average molecular weight is 351 g/mol. The Morgan fingerprint density at radius 1 is 1.38 bits per heavy atom. The molecule has 0 radical (unpaired) electrons. The predicted molar refractivity (Wildman–Crippen MR) is 79.8 cm³/mol. The fourth-order valence-electron chi connectivity index (χ4n) is 1.73. The number of ketones is 1. The number of carbonyl (C=O) groups excluding carboxylic acids is 1. The predicted octanol–water partition coefficient (Wildman–Crippen LogP) is 4.06. The summed E-state index contributed by atoms with van der Waals surface area (Å²) >= 11 is 3.21. The first kappa shape index (κ1) is 15.1. The van der Waals surface area contributed by atoms with E-state index < -0.39 is 4.92 Å². The summed E-state index contributed by atoms with van der Waals surface area (Å²) in [7, 11) is 0. The van der Waals surface area contributed by atoms with Crippen LogP contribution in [0.5, 0.6) is 11.6 Å². The number of rotatable bonds is 4. The van der Waals surface area contributed by atoms with Crippen LogP contribution in [0.15, 0.2) is 34.9 Å². The first-order chi connectivity index (χ1) is 9.88. The summed E-state index contributed by atoms with van der Waals surface area (Å²) in [5.74, 6) is 0.208. The fraction of sp³-hybridized carbons (Fsp3) is 0.143. The van der Waals surface area contributed by atoms with Gasteiger partial charge in [-0.25, -0.2) is 4.98 Å². The molecule has 1 heterocycles. The third kappa shape index (κ3) is 3.43. The zero-order valence-electron chi connectivity index (χ0n) is 11.3. The highest BCUT2D eigenvalue weighted by Crippen LogP contribution is 2.36. The number of nitrogens with zero attached hydrogens (tertiary/aromatic N) is 2. The molecule has 0 atom stereocenters. The van der Waals surface area contributed by atoms with Gasteiger partial charge in [-0.1, -0.05) is 15.9 Å². The molecule has 0 aliphatic heterocycles. The first-order valence-electron chi connectivity index (χ1n) is 5.98. The number of hydrogen-bond donors (Lipinski definition) is 0. The molecule has 2 aromatic rings. The maximum atomic E-state index is 11.2. The molecule has 0 spiro atoms. The Morgan fingerprint density at radius 3 is 2.62 bits per heavy atom. The maximum Gasteiger partial charge on any atom is 0.313 e. The van der Waals surface area contributed by atoms with Gasteiger partial charge in [-0.05, 0) is 26.0 Å². The number of aryl methyl sites for hydroxylation is 1. The zero-order valence-corrected chi connectivity index (χ0v) is 12.9. The minimum atomic E-state index is -0.517. The third-order valence-electron chi connectivity index (χ3n) is 2.77. The summed E-state index contributed by atoms with van der Waals surface area (Å²) in [5, 5.41) is 11.1. The normalized spacial score (nSPS) is 10.2. The number of halogens is 1. The largest absolute Gasteiger partial charge is 0.432 e. The van der Waals surface area contributed by atoms with Crippen molar-refractivity contribution >= 4 is 27.4 Å². The summed E-state index contributed by atoms with van der Waals surface area (Å²) in [6.07, 6.45) is 1.37. The Labute approximate surface area is 129 Å². The van der Waals surface area contributed by atoms with Crippen molar-refractivity contribution in [1.82, 2.24) is 4.98 Å². The molecule has 21 heavy (non-hydrogen) atoms. The van der Waals surface area contributed by atoms with Crippen molar-refractivity contribution < 1.29 is 14.5 Å². The van der Waals surface area contributed by atoms with Crippen LogP contribution in [0.25, 0.3) is 0 Å². The van der Waals surface area contributed by atoms with Crippen molar-refractivity contribution in [2.75, 3.05) is 0 Å². The minimum absolute atomic E-state index is 0.111. The molecule has 1 aromatic carbocycles. The Bertz CT molecular complexity index is 714. The highest BCUT2D eigenvalue weighted by molar-refractivity contribution is 9.10. The molecule has 2 rings (SSSR count). The topological polar surface area (TPSA) is 82.3 Å². The average Bonchev–Trinajstić information content (AvgIpc) is 2.41. The van der Waals surface area contributed by atoms with Crippen LogP contribution in [-0.2, 0) is 0 Å². The minimum Gasteiger partial charge on any atom is -0.432 e. The molecule has 0 fully saturated rings. The monoisotopic (exact) mass is 350 g/mol. The lowest BCUT2D eigenvalue weighted by Gasteiger charge is -2.09. The van der Waals surface area contributed by atoms with E-state index in [1.165, 1.54) is 25.3 Å². The summed E-state index contributed by atoms with van der Waals surface area (Å²) in [4.78, 5) is 25.7. The van der Waals surface area contributed by atoms with Gasteiger partial charge in [0.2, 0.25) is 11.6 Å². The van der Waals surface area contributed by atoms with E-state index >= 15 is 0 Å². The molecule has 7 heteroatoms. The molecular formula is C14H11BrN2O4. The van der Waals surface area contributed by atoms with E-state index in [-0.39, 0.29) is 23.1 Å². The molecule has 6 nitrogen and oxygen atoms in total. The number of aromatic nitrogens is 1. The highest BCUT2D eigenvalue weighted by Gasteiger charge is 2.20. The molecule has 0 amide bonds. The van der Waals surface area contributed by atoms with Gasteiger partial charge in [0.25, 0.3) is 0 Å². The molecule has 0 saturated carbocycles. The number of pyridine rings is 1. The Balaban J connectivity index is 2.39. The van der Waals surface area contributed by atoms with Gasteiger partial charge < -0.3 is 4.74 Å². The van der Waals surface area contributed by atoms with Gasteiger partial charge in [0.1, 0.15) is 0 Å². The van der Waals surface area contributed by atoms with E-state index in [0.717, 1.165) is 0 Å². The van der Waals surface area contributed by atoms with E-state index in [4.69, 9.17) is 4.74 Å². The van der Waals surface area contributed by atoms with Gasteiger partial charge in [-0.3, -0.25) is 14.9 Å². The molecule has 0 bridgehead atoms. The second kappa shape index (κ2) is 6.01. The lowest BCUT2D eigenvalue weighted by molar-refractivity contribution is -0.385. The van der Waals surface area contributed by atoms with E-state index in [1.807, 2.05) is 0 Å². The molecule has 0 N–H and O–H groups in total. The van der Waals surface area contributed by atoms with Crippen LogP contribution in [0.1, 0.15) is 22.8 Å². The molecule has 0 aliphatic rings. The number of Topliss-reactive ketones (excluding diaryl/α,β-unsaturated/α-hetero) is 1. The van der Waals surface area contributed by atoms with Gasteiger partial charge in [0, 0.05) is 33.9 Å². The summed E-state index contributed by atoms with van der Waals surface area (Å²) in [6, 6.07) is 6.14. The Morgan fingerprint density at radius 2 is 2.10 bits per heavy atom. The number of ether oxygens (including phenoxy) is 1. The lowest BCUT2D eigenvalue weighted by Crippen LogP contribution is -1.98. The smallest absolute Gasteiger partial charge is 0.313 e. The van der Waals surface area contributed by atoms with Crippen LogP contribution in [0, 0.1) is 17.0 Å². The lowest BCUT2D eigenvalue weighted by atomic mass is 10.2. The van der Waals surface area contributed by atoms with Crippen molar-refractivity contribution in [3.05, 3.63) is 56.2 Å². The van der Waals surface area contributed by atoms with Crippen LogP contribution in [0.3, 0.4) is 0 Å². The van der Waals surface area contributed by atoms with Crippen LogP contribution >= 0.6 is 15.9 Å². The van der Waals surface area contributed by atoms with Gasteiger partial charge in [-0.2, -0.15) is 0 Å². The number of nitro groups is 1. The molecule has 108 valence electrons. The number of carbonyl (C=O) groups is 1. The van der Waals surface area contributed by atoms with Crippen molar-refractivity contribution in [3.63, 3.8) is 0 Å². The van der Waals surface area contributed by atoms with Gasteiger partial charge in [0.05, 0.1) is 4.92 Å². The summed E-state index contributed by atoms with van der Waals surface area (Å²) < 4.78 is 6.10. The highest BCUT2D eigenvalue weighted by atomic mass is 79.9. The Kier molecular flexibility index (Phi) is 4.32. The van der Waals surface area contributed by atoms with Gasteiger partial charge in [-0.15, -0.1) is 0 Å². The van der Waals surface area contributed by atoms with Crippen molar-refractivity contribution in [1.29, 1.82) is 0 Å². The molecular weight excluding hydrogens is 340 g/mol. The fourth-order valence-corrected chi connectivity index (χ4v) is 2.29. The molecule has 1 aromatic heterocycles. The maximum absolute atomic E-state index is 11.2. The van der Waals surface area contributed by atoms with E-state index in [9.17, 15) is 14.9 Å². The van der Waals surface area contributed by atoms with E-state index in [1.54, 1.807) is 19.1 Å². The summed E-state index contributed by atoms with van der Waals surface area (Å²) in [5.41, 5.74) is 0.900. The van der Waals surface area contributed by atoms with Crippen molar-refractivity contribution in [2.45, 2.75) is 13.8 Å². The van der Waals surface area contributed by atoms with Crippen LogP contribution < -0.4 is 4.74 Å². The molecule has 0 unspecified atom stereocenters. The van der Waals surface area contributed by atoms with E-state index in [2.05, 4.69) is 20.9 Å². The molecule has 0 aliphatic carbocycles. The van der Waals surface area contributed by atoms with E-state index in [0.29, 0.717) is 15.6 Å². The van der Waals surface area contributed by atoms with Crippen LogP contribution in [-0.4, -0.2) is 15.7 Å². The van der Waals surface area contributed by atoms with Crippen molar-refractivity contribution in [3.8, 4) is 11.6 Å². The van der Waals surface area contributed by atoms with Gasteiger partial charge >= 0.3 is 5.69 Å². The van der Waals surface area contributed by atoms with Gasteiger partial charge in [0.15, 0.2) is 5.78 Å². The number of hydrogen-bond acceptors (Lipinski definition) is 5. The Hall–Kier alpha value is -2.28. The summed E-state index contributed by atoms with van der Waals surface area (Å²) in [6.45, 7) is 3.14.